The summed E-state index contributed by atoms with van der Waals surface area (Å²) in [5.41, 5.74) is 6.81. The number of nitrogens with two attached hydrogens (primary N) is 1. The molecular weight excluding hydrogens is 274 g/mol. The van der Waals surface area contributed by atoms with Gasteiger partial charge in [-0.15, -0.1) is 5.10 Å². The van der Waals surface area contributed by atoms with Crippen molar-refractivity contribution in [3.05, 3.63) is 18.2 Å². The lowest BCUT2D eigenvalue weighted by Crippen LogP contribution is -2.01. The second kappa shape index (κ2) is 5.70. The van der Waals surface area contributed by atoms with Crippen molar-refractivity contribution < 1.29 is 4.74 Å². The van der Waals surface area contributed by atoms with Crippen LogP contribution >= 0.6 is 11.8 Å². The van der Waals surface area contributed by atoms with Crippen LogP contribution < -0.4 is 10.5 Å². The molecule has 3 rings (SSSR count). The number of benzene rings is 1. The molecule has 1 fully saturated rings. The molecule has 20 heavy (non-hydrogen) atoms. The van der Waals surface area contributed by atoms with Gasteiger partial charge in [0.2, 0.25) is 5.16 Å². The van der Waals surface area contributed by atoms with Crippen molar-refractivity contribution >= 4 is 17.4 Å². The summed E-state index contributed by atoms with van der Waals surface area (Å²) in [6, 6.07) is 6.24. The van der Waals surface area contributed by atoms with Crippen LogP contribution in [0.3, 0.4) is 0 Å². The van der Waals surface area contributed by atoms with Crippen LogP contribution in [-0.2, 0) is 0 Å². The molecule has 106 valence electrons. The van der Waals surface area contributed by atoms with E-state index in [1.54, 1.807) is 0 Å². The van der Waals surface area contributed by atoms with Gasteiger partial charge in [0.05, 0.1) is 18.3 Å². The smallest absolute Gasteiger partial charge is 0.214 e. The van der Waals surface area contributed by atoms with Gasteiger partial charge >= 0.3 is 0 Å². The van der Waals surface area contributed by atoms with Gasteiger partial charge in [-0.3, -0.25) is 0 Å². The van der Waals surface area contributed by atoms with E-state index in [2.05, 4.69) is 22.4 Å². The van der Waals surface area contributed by atoms with E-state index in [0.29, 0.717) is 18.3 Å². The molecule has 1 aromatic heterocycles. The van der Waals surface area contributed by atoms with Gasteiger partial charge < -0.3 is 10.5 Å². The predicted molar refractivity (Wildman–Crippen MR) is 76.9 cm³/mol. The van der Waals surface area contributed by atoms with Gasteiger partial charge in [0.15, 0.2) is 0 Å². The lowest BCUT2D eigenvalue weighted by atomic mass is 10.3. The van der Waals surface area contributed by atoms with Crippen molar-refractivity contribution in [1.29, 1.82) is 0 Å². The number of nitrogens with zero attached hydrogens (tertiary/aromatic N) is 4. The highest BCUT2D eigenvalue weighted by Gasteiger charge is 2.28. The van der Waals surface area contributed by atoms with E-state index in [0.717, 1.165) is 35.1 Å². The quantitative estimate of drug-likeness (QED) is 0.824. The molecule has 1 aromatic carbocycles. The van der Waals surface area contributed by atoms with Crippen LogP contribution in [0.15, 0.2) is 28.3 Å². The number of ether oxygens (including phenoxy) is 1. The van der Waals surface area contributed by atoms with Gasteiger partial charge in [0, 0.05) is 4.90 Å². The van der Waals surface area contributed by atoms with Gasteiger partial charge in [0.1, 0.15) is 5.75 Å². The molecule has 1 saturated carbocycles. The fraction of sp³-hybridized carbons (Fsp3) is 0.462. The zero-order valence-corrected chi connectivity index (χ0v) is 12.1. The van der Waals surface area contributed by atoms with Crippen molar-refractivity contribution in [1.82, 2.24) is 20.2 Å². The van der Waals surface area contributed by atoms with Crippen LogP contribution in [0.5, 0.6) is 5.75 Å². The lowest BCUT2D eigenvalue weighted by molar-refractivity contribution is 0.318. The summed E-state index contributed by atoms with van der Waals surface area (Å²) < 4.78 is 7.52. The van der Waals surface area contributed by atoms with E-state index in [1.165, 1.54) is 11.8 Å². The predicted octanol–water partition coefficient (Wildman–Crippen LogP) is 2.53. The van der Waals surface area contributed by atoms with E-state index >= 15 is 0 Å². The third kappa shape index (κ3) is 2.72. The van der Waals surface area contributed by atoms with E-state index in [1.807, 2.05) is 22.9 Å². The van der Waals surface area contributed by atoms with Crippen molar-refractivity contribution in [2.45, 2.75) is 42.3 Å². The topological polar surface area (TPSA) is 78.9 Å². The molecule has 0 spiro atoms. The van der Waals surface area contributed by atoms with E-state index in [4.69, 9.17) is 10.5 Å². The summed E-state index contributed by atoms with van der Waals surface area (Å²) in [5, 5.41) is 12.6. The van der Waals surface area contributed by atoms with Gasteiger partial charge in [-0.2, -0.15) is 0 Å². The summed E-state index contributed by atoms with van der Waals surface area (Å²) >= 11 is 1.49. The maximum atomic E-state index is 6.16. The largest absolute Gasteiger partial charge is 0.491 e. The lowest BCUT2D eigenvalue weighted by Gasteiger charge is -2.11. The van der Waals surface area contributed by atoms with Crippen LogP contribution in [0.4, 0.5) is 5.69 Å². The molecule has 0 amide bonds. The summed E-state index contributed by atoms with van der Waals surface area (Å²) in [7, 11) is 0. The summed E-state index contributed by atoms with van der Waals surface area (Å²) in [4.78, 5) is 0.926. The molecule has 1 aliphatic carbocycles. The van der Waals surface area contributed by atoms with Crippen LogP contribution in [0.25, 0.3) is 0 Å². The minimum Gasteiger partial charge on any atom is -0.491 e. The third-order valence-corrected chi connectivity index (χ3v) is 4.07. The van der Waals surface area contributed by atoms with Crippen molar-refractivity contribution in [2.75, 3.05) is 12.3 Å². The minimum atomic E-state index is 0.452. The normalized spacial score (nSPS) is 14.4. The molecule has 0 saturated heterocycles. The number of para-hydroxylation sites is 1. The highest BCUT2D eigenvalue weighted by molar-refractivity contribution is 7.99. The zero-order valence-electron chi connectivity index (χ0n) is 11.3. The highest BCUT2D eigenvalue weighted by Crippen LogP contribution is 2.40. The van der Waals surface area contributed by atoms with Crippen molar-refractivity contribution in [3.8, 4) is 5.75 Å². The second-order valence-corrected chi connectivity index (χ2v) is 5.76. The Morgan fingerprint density at radius 2 is 2.30 bits per heavy atom. The molecule has 7 heteroatoms. The van der Waals surface area contributed by atoms with Crippen LogP contribution in [0.2, 0.25) is 0 Å². The molecule has 0 bridgehead atoms. The summed E-state index contributed by atoms with van der Waals surface area (Å²) in [6.45, 7) is 2.73. The van der Waals surface area contributed by atoms with E-state index < -0.39 is 0 Å². The zero-order chi connectivity index (χ0) is 13.9. The number of hydrogen-bond donors (Lipinski definition) is 1. The van der Waals surface area contributed by atoms with Gasteiger partial charge in [-0.05, 0) is 53.6 Å². The second-order valence-electron chi connectivity index (χ2n) is 4.76. The highest BCUT2D eigenvalue weighted by atomic mass is 32.2. The first kappa shape index (κ1) is 13.2. The SMILES string of the molecule is CCCOc1cccc(Sc2nnnn2C2CC2)c1N. The Bertz CT molecular complexity index is 596. The molecular formula is C13H17N5OS. The molecule has 0 atom stereocenters. The number of nitrogen functional groups attached to an aromatic ring is 1. The maximum absolute atomic E-state index is 6.16. The minimum absolute atomic E-state index is 0.452. The van der Waals surface area contributed by atoms with Gasteiger partial charge in [0.25, 0.3) is 0 Å². The standard InChI is InChI=1S/C13H17N5OS/c1-2-8-19-10-4-3-5-11(12(10)14)20-13-15-16-17-18(13)9-6-7-9/h3-5,9H,2,6-8,14H2,1H3. The number of aromatic nitrogens is 4. The monoisotopic (exact) mass is 291 g/mol. The summed E-state index contributed by atoms with van der Waals surface area (Å²) in [5.74, 6) is 0.724. The number of rotatable bonds is 6. The Morgan fingerprint density at radius 1 is 1.45 bits per heavy atom. The Morgan fingerprint density at radius 3 is 3.05 bits per heavy atom. The number of tetrazole rings is 1. The fourth-order valence-electron chi connectivity index (χ4n) is 1.85. The molecule has 6 nitrogen and oxygen atoms in total. The molecule has 0 aliphatic heterocycles. The molecule has 0 unspecified atom stereocenters. The van der Waals surface area contributed by atoms with Crippen LogP contribution in [-0.4, -0.2) is 26.8 Å². The first-order chi connectivity index (χ1) is 9.79. The molecule has 1 aliphatic rings. The average molecular weight is 291 g/mol. The molecule has 0 radical (unpaired) electrons. The fourth-order valence-corrected chi connectivity index (χ4v) is 2.76. The Balaban J connectivity index is 1.81. The van der Waals surface area contributed by atoms with Crippen LogP contribution in [0.1, 0.15) is 32.2 Å². The Labute approximate surface area is 121 Å². The van der Waals surface area contributed by atoms with E-state index in [-0.39, 0.29) is 0 Å². The third-order valence-electron chi connectivity index (χ3n) is 3.04. The Kier molecular flexibility index (Phi) is 3.77. The molecule has 2 N–H and O–H groups in total. The van der Waals surface area contributed by atoms with Gasteiger partial charge in [-0.25, -0.2) is 4.68 Å². The summed E-state index contributed by atoms with van der Waals surface area (Å²) in [6.07, 6.45) is 3.25. The van der Waals surface area contributed by atoms with Gasteiger partial charge in [-0.1, -0.05) is 13.0 Å². The van der Waals surface area contributed by atoms with Crippen LogP contribution in [0, 0.1) is 0 Å². The Hall–Kier alpha value is -1.76. The number of hydrogen-bond acceptors (Lipinski definition) is 6. The molecule has 2 aromatic rings. The average Bonchev–Trinajstić information content (AvgIpc) is 3.20. The van der Waals surface area contributed by atoms with Crippen molar-refractivity contribution in [2.24, 2.45) is 0 Å². The molecule has 1 heterocycles. The first-order valence-corrected chi connectivity index (χ1v) is 7.58. The first-order valence-electron chi connectivity index (χ1n) is 6.76. The van der Waals surface area contributed by atoms with Crippen molar-refractivity contribution in [3.63, 3.8) is 0 Å². The maximum Gasteiger partial charge on any atom is 0.214 e. The number of anilines is 1. The van der Waals surface area contributed by atoms with E-state index in [9.17, 15) is 0 Å².